The smallest absolute Gasteiger partial charge is 0.146 e. The van der Waals surface area contributed by atoms with Crippen LogP contribution in [0.15, 0.2) is 34.9 Å². The van der Waals surface area contributed by atoms with Crippen LogP contribution in [0.4, 0.5) is 0 Å². The molecule has 2 rings (SSSR count). The van der Waals surface area contributed by atoms with Gasteiger partial charge in [0.25, 0.3) is 0 Å². The van der Waals surface area contributed by atoms with E-state index in [9.17, 15) is 0 Å². The molecular weight excluding hydrogens is 256 g/mol. The molecule has 0 aliphatic rings. The van der Waals surface area contributed by atoms with Crippen molar-refractivity contribution in [1.29, 1.82) is 0 Å². The molecule has 0 bridgehead atoms. The summed E-state index contributed by atoms with van der Waals surface area (Å²) in [5.41, 5.74) is 1.04. The van der Waals surface area contributed by atoms with Gasteiger partial charge in [-0.15, -0.1) is 0 Å². The van der Waals surface area contributed by atoms with Gasteiger partial charge in [0.15, 0.2) is 0 Å². The second kappa shape index (κ2) is 4.49. The van der Waals surface area contributed by atoms with Crippen LogP contribution in [0, 0.1) is 6.92 Å². The molecule has 0 saturated heterocycles. The highest BCUT2D eigenvalue weighted by Crippen LogP contribution is 2.18. The van der Waals surface area contributed by atoms with E-state index in [0.717, 1.165) is 21.7 Å². The standard InChI is InChI=1S/C11H11BrN2O/c1-8-6-13-11(14-8)7-15-10-4-2-3-9(12)5-10/h2-6H,7H2,1H3,(H,13,14). The van der Waals surface area contributed by atoms with Crippen molar-refractivity contribution >= 4 is 15.9 Å². The van der Waals surface area contributed by atoms with Crippen molar-refractivity contribution in [2.24, 2.45) is 0 Å². The van der Waals surface area contributed by atoms with E-state index in [4.69, 9.17) is 4.74 Å². The van der Waals surface area contributed by atoms with Crippen LogP contribution in [-0.2, 0) is 6.61 Å². The van der Waals surface area contributed by atoms with Gasteiger partial charge in [-0.1, -0.05) is 22.0 Å². The normalized spacial score (nSPS) is 10.3. The summed E-state index contributed by atoms with van der Waals surface area (Å²) in [6.07, 6.45) is 1.79. The molecule has 78 valence electrons. The molecule has 0 unspecified atom stereocenters. The van der Waals surface area contributed by atoms with Gasteiger partial charge in [-0.2, -0.15) is 0 Å². The van der Waals surface area contributed by atoms with Gasteiger partial charge in [0, 0.05) is 16.4 Å². The number of halogens is 1. The third kappa shape index (κ3) is 2.83. The first kappa shape index (κ1) is 10.2. The number of aryl methyl sites for hydroxylation is 1. The van der Waals surface area contributed by atoms with Gasteiger partial charge in [0.2, 0.25) is 0 Å². The molecular formula is C11H11BrN2O. The van der Waals surface area contributed by atoms with Crippen LogP contribution < -0.4 is 4.74 Å². The molecule has 0 amide bonds. The molecule has 2 aromatic rings. The maximum absolute atomic E-state index is 5.56. The molecule has 15 heavy (non-hydrogen) atoms. The summed E-state index contributed by atoms with van der Waals surface area (Å²) in [5.74, 6) is 1.67. The molecule has 1 heterocycles. The van der Waals surface area contributed by atoms with Gasteiger partial charge in [0.1, 0.15) is 18.2 Å². The van der Waals surface area contributed by atoms with Crippen molar-refractivity contribution in [3.63, 3.8) is 0 Å². The van der Waals surface area contributed by atoms with E-state index in [-0.39, 0.29) is 0 Å². The van der Waals surface area contributed by atoms with Gasteiger partial charge in [-0.3, -0.25) is 0 Å². The van der Waals surface area contributed by atoms with Crippen LogP contribution in [0.1, 0.15) is 11.5 Å². The minimum Gasteiger partial charge on any atom is -0.486 e. The number of aromatic nitrogens is 2. The van der Waals surface area contributed by atoms with E-state index in [0.29, 0.717) is 6.61 Å². The lowest BCUT2D eigenvalue weighted by molar-refractivity contribution is 0.297. The Labute approximate surface area is 96.6 Å². The number of imidazole rings is 1. The number of H-pyrrole nitrogens is 1. The number of nitrogens with zero attached hydrogens (tertiary/aromatic N) is 1. The zero-order valence-corrected chi connectivity index (χ0v) is 9.91. The fourth-order valence-electron chi connectivity index (χ4n) is 1.25. The zero-order valence-electron chi connectivity index (χ0n) is 8.33. The Morgan fingerprint density at radius 3 is 3.00 bits per heavy atom. The van der Waals surface area contributed by atoms with E-state index in [1.165, 1.54) is 0 Å². The lowest BCUT2D eigenvalue weighted by Gasteiger charge is -2.03. The number of nitrogens with one attached hydrogen (secondary N) is 1. The summed E-state index contributed by atoms with van der Waals surface area (Å²) in [4.78, 5) is 7.27. The predicted octanol–water partition coefficient (Wildman–Crippen LogP) is 3.06. The summed E-state index contributed by atoms with van der Waals surface area (Å²) in [5, 5.41) is 0. The van der Waals surface area contributed by atoms with E-state index in [1.54, 1.807) is 6.20 Å². The molecule has 0 saturated carbocycles. The fourth-order valence-corrected chi connectivity index (χ4v) is 1.63. The molecule has 0 fully saturated rings. The molecule has 1 aromatic carbocycles. The molecule has 0 aliphatic carbocycles. The lowest BCUT2D eigenvalue weighted by Crippen LogP contribution is -1.97. The van der Waals surface area contributed by atoms with Gasteiger partial charge in [0.05, 0.1) is 0 Å². The second-order valence-electron chi connectivity index (χ2n) is 3.26. The second-order valence-corrected chi connectivity index (χ2v) is 4.17. The van der Waals surface area contributed by atoms with Crippen LogP contribution in [-0.4, -0.2) is 9.97 Å². The van der Waals surface area contributed by atoms with Gasteiger partial charge in [-0.05, 0) is 25.1 Å². The Bertz CT molecular complexity index is 453. The zero-order chi connectivity index (χ0) is 10.7. The minimum atomic E-state index is 0.463. The van der Waals surface area contributed by atoms with Crippen LogP contribution in [0.25, 0.3) is 0 Å². The summed E-state index contributed by atoms with van der Waals surface area (Å²) in [6.45, 7) is 2.43. The topological polar surface area (TPSA) is 37.9 Å². The van der Waals surface area contributed by atoms with Gasteiger partial charge in [-0.25, -0.2) is 4.98 Å². The van der Waals surface area contributed by atoms with Crippen molar-refractivity contribution in [1.82, 2.24) is 9.97 Å². The number of benzene rings is 1. The Hall–Kier alpha value is -1.29. The van der Waals surface area contributed by atoms with Crippen molar-refractivity contribution in [2.75, 3.05) is 0 Å². The molecule has 0 spiro atoms. The number of aromatic amines is 1. The Morgan fingerprint density at radius 1 is 1.47 bits per heavy atom. The fraction of sp³-hybridized carbons (Fsp3) is 0.182. The summed E-state index contributed by atoms with van der Waals surface area (Å²) >= 11 is 3.39. The molecule has 0 aliphatic heterocycles. The largest absolute Gasteiger partial charge is 0.486 e. The van der Waals surface area contributed by atoms with Crippen LogP contribution in [0.3, 0.4) is 0 Å². The van der Waals surface area contributed by atoms with E-state index in [1.807, 2.05) is 31.2 Å². The lowest BCUT2D eigenvalue weighted by atomic mass is 10.3. The number of rotatable bonds is 3. The first-order valence-corrected chi connectivity index (χ1v) is 5.42. The molecule has 1 N–H and O–H groups in total. The summed E-state index contributed by atoms with van der Waals surface area (Å²) < 4.78 is 6.57. The van der Waals surface area contributed by atoms with Crippen molar-refractivity contribution in [3.8, 4) is 5.75 Å². The van der Waals surface area contributed by atoms with Crippen molar-refractivity contribution in [3.05, 3.63) is 46.5 Å². The summed E-state index contributed by atoms with van der Waals surface area (Å²) in [7, 11) is 0. The molecule has 0 atom stereocenters. The van der Waals surface area contributed by atoms with Crippen LogP contribution in [0.2, 0.25) is 0 Å². The van der Waals surface area contributed by atoms with E-state index >= 15 is 0 Å². The van der Waals surface area contributed by atoms with Gasteiger partial charge < -0.3 is 9.72 Å². The predicted molar refractivity (Wildman–Crippen MR) is 61.8 cm³/mol. The average molecular weight is 267 g/mol. The third-order valence-electron chi connectivity index (χ3n) is 1.93. The highest BCUT2D eigenvalue weighted by Gasteiger charge is 1.99. The number of hydrogen-bond donors (Lipinski definition) is 1. The Kier molecular flexibility index (Phi) is 3.06. The maximum atomic E-state index is 5.56. The quantitative estimate of drug-likeness (QED) is 0.928. The number of ether oxygens (including phenoxy) is 1. The third-order valence-corrected chi connectivity index (χ3v) is 2.42. The average Bonchev–Trinajstić information content (AvgIpc) is 2.62. The number of hydrogen-bond acceptors (Lipinski definition) is 2. The SMILES string of the molecule is Cc1cnc(COc2cccc(Br)c2)[nH]1. The molecule has 1 aromatic heterocycles. The maximum Gasteiger partial charge on any atom is 0.146 e. The molecule has 4 heteroatoms. The Balaban J connectivity index is 1.99. The van der Waals surface area contributed by atoms with E-state index < -0.39 is 0 Å². The highest BCUT2D eigenvalue weighted by molar-refractivity contribution is 9.10. The monoisotopic (exact) mass is 266 g/mol. The van der Waals surface area contributed by atoms with Crippen molar-refractivity contribution < 1.29 is 4.74 Å². The van der Waals surface area contributed by atoms with E-state index in [2.05, 4.69) is 25.9 Å². The minimum absolute atomic E-state index is 0.463. The molecule has 0 radical (unpaired) electrons. The summed E-state index contributed by atoms with van der Waals surface area (Å²) in [6, 6.07) is 7.74. The first-order valence-electron chi connectivity index (χ1n) is 4.63. The van der Waals surface area contributed by atoms with Gasteiger partial charge >= 0.3 is 0 Å². The molecule has 3 nitrogen and oxygen atoms in total. The highest BCUT2D eigenvalue weighted by atomic mass is 79.9. The van der Waals surface area contributed by atoms with Crippen LogP contribution >= 0.6 is 15.9 Å². The Morgan fingerprint density at radius 2 is 2.33 bits per heavy atom. The van der Waals surface area contributed by atoms with Crippen molar-refractivity contribution in [2.45, 2.75) is 13.5 Å². The first-order chi connectivity index (χ1) is 7.24. The van der Waals surface area contributed by atoms with Crippen LogP contribution in [0.5, 0.6) is 5.75 Å².